The van der Waals surface area contributed by atoms with Crippen LogP contribution in [0.2, 0.25) is 0 Å². The minimum absolute atomic E-state index is 0.0568. The third-order valence-corrected chi connectivity index (χ3v) is 4.10. The molecule has 6 nitrogen and oxygen atoms in total. The number of amides is 2. The van der Waals surface area contributed by atoms with Crippen LogP contribution in [0, 0.1) is 0 Å². The van der Waals surface area contributed by atoms with Gasteiger partial charge in [-0.15, -0.1) is 0 Å². The highest BCUT2D eigenvalue weighted by Crippen LogP contribution is 2.08. The van der Waals surface area contributed by atoms with Gasteiger partial charge < -0.3 is 4.90 Å². The molecule has 0 aliphatic carbocycles. The van der Waals surface area contributed by atoms with Crippen molar-refractivity contribution in [2.75, 3.05) is 37.9 Å². The number of urea groups is 1. The Morgan fingerprint density at radius 1 is 1.07 bits per heavy atom. The van der Waals surface area contributed by atoms with E-state index in [0.717, 1.165) is 0 Å². The van der Waals surface area contributed by atoms with E-state index in [-0.39, 0.29) is 17.5 Å². The van der Waals surface area contributed by atoms with Crippen LogP contribution in [-0.4, -0.2) is 62.2 Å². The van der Waals surface area contributed by atoms with E-state index < -0.39 is 9.84 Å². The summed E-state index contributed by atoms with van der Waals surface area (Å²) in [6, 6.07) is -0.0568. The van der Waals surface area contributed by atoms with Crippen molar-refractivity contribution < 1.29 is 13.2 Å². The Kier molecular flexibility index (Phi) is 2.36. The number of nitrogens with one attached hydrogen (secondary N) is 1. The molecule has 2 fully saturated rings. The van der Waals surface area contributed by atoms with Crippen molar-refractivity contribution >= 4 is 15.9 Å². The van der Waals surface area contributed by atoms with Gasteiger partial charge in [0.05, 0.1) is 24.8 Å². The van der Waals surface area contributed by atoms with Gasteiger partial charge in [0.1, 0.15) is 0 Å². The number of rotatable bonds is 0. The van der Waals surface area contributed by atoms with E-state index in [9.17, 15) is 13.2 Å². The molecule has 0 aromatic heterocycles. The summed E-state index contributed by atoms with van der Waals surface area (Å²) >= 11 is 0. The average molecular weight is 219 g/mol. The number of carbonyl (C=O) groups is 1. The summed E-state index contributed by atoms with van der Waals surface area (Å²) in [4.78, 5) is 14.9. The van der Waals surface area contributed by atoms with Crippen LogP contribution in [0.15, 0.2) is 0 Å². The zero-order chi connectivity index (χ0) is 10.2. The molecule has 1 N–H and O–H groups in total. The molecule has 14 heavy (non-hydrogen) atoms. The molecule has 0 aromatic carbocycles. The Bertz CT molecular complexity index is 322. The van der Waals surface area contributed by atoms with Gasteiger partial charge in [-0.3, -0.25) is 10.2 Å². The van der Waals surface area contributed by atoms with E-state index >= 15 is 0 Å². The highest BCUT2D eigenvalue weighted by atomic mass is 32.2. The van der Waals surface area contributed by atoms with Crippen LogP contribution >= 0.6 is 0 Å². The van der Waals surface area contributed by atoms with Gasteiger partial charge in [-0.25, -0.2) is 13.2 Å². The smallest absolute Gasteiger partial charge is 0.322 e. The van der Waals surface area contributed by atoms with Crippen LogP contribution in [0.4, 0.5) is 4.79 Å². The molecule has 0 unspecified atom stereocenters. The van der Waals surface area contributed by atoms with Crippen LogP contribution in [0.5, 0.6) is 0 Å². The van der Waals surface area contributed by atoms with Gasteiger partial charge in [0.2, 0.25) is 0 Å². The predicted molar refractivity (Wildman–Crippen MR) is 50.3 cm³/mol. The summed E-state index contributed by atoms with van der Waals surface area (Å²) in [6.45, 7) is 1.81. The number of sulfone groups is 1. The van der Waals surface area contributed by atoms with Crippen molar-refractivity contribution in [3.05, 3.63) is 0 Å². The summed E-state index contributed by atoms with van der Waals surface area (Å²) in [6.07, 6.45) is 0. The van der Waals surface area contributed by atoms with Crippen molar-refractivity contribution in [1.29, 1.82) is 0 Å². The number of hydrogen-bond acceptors (Lipinski definition) is 4. The first-order valence-corrected chi connectivity index (χ1v) is 6.36. The highest BCUT2D eigenvalue weighted by Gasteiger charge is 2.29. The summed E-state index contributed by atoms with van der Waals surface area (Å²) in [5.41, 5.74) is 0. The van der Waals surface area contributed by atoms with Crippen LogP contribution in [-0.2, 0) is 9.84 Å². The first-order chi connectivity index (χ1) is 6.58. The fraction of sp³-hybridized carbons (Fsp3) is 0.857. The topological polar surface area (TPSA) is 69.7 Å². The van der Waals surface area contributed by atoms with Crippen molar-refractivity contribution in [1.82, 2.24) is 15.1 Å². The first kappa shape index (κ1) is 9.72. The van der Waals surface area contributed by atoms with Gasteiger partial charge in [-0.05, 0) is 0 Å². The second kappa shape index (κ2) is 3.39. The molecule has 2 aliphatic rings. The van der Waals surface area contributed by atoms with Crippen LogP contribution in [0.25, 0.3) is 0 Å². The van der Waals surface area contributed by atoms with Gasteiger partial charge >= 0.3 is 6.03 Å². The monoisotopic (exact) mass is 219 g/mol. The third-order valence-electron chi connectivity index (χ3n) is 2.49. The fourth-order valence-corrected chi connectivity index (χ4v) is 2.66. The Hall–Kier alpha value is -0.820. The van der Waals surface area contributed by atoms with E-state index in [1.165, 1.54) is 0 Å². The molecule has 2 amide bonds. The molecule has 0 spiro atoms. The minimum Gasteiger partial charge on any atom is -0.323 e. The van der Waals surface area contributed by atoms with Gasteiger partial charge in [-0.1, -0.05) is 0 Å². The quantitative estimate of drug-likeness (QED) is 0.547. The lowest BCUT2D eigenvalue weighted by molar-refractivity contribution is 0.112. The van der Waals surface area contributed by atoms with Crippen molar-refractivity contribution in [2.24, 2.45) is 0 Å². The average Bonchev–Trinajstić information content (AvgIpc) is 2.00. The summed E-state index contributed by atoms with van der Waals surface area (Å²) in [7, 11) is -2.89. The van der Waals surface area contributed by atoms with Crippen LogP contribution < -0.4 is 5.32 Å². The Balaban J connectivity index is 1.91. The molecular weight excluding hydrogens is 206 g/mol. The Labute approximate surface area is 82.8 Å². The molecule has 0 saturated carbocycles. The minimum atomic E-state index is -2.89. The molecule has 80 valence electrons. The van der Waals surface area contributed by atoms with Gasteiger partial charge in [0, 0.05) is 13.1 Å². The molecule has 2 rings (SSSR count). The SMILES string of the molecule is O=C(N1CCS(=O)(=O)CC1)N1CNC1. The summed E-state index contributed by atoms with van der Waals surface area (Å²) in [5, 5.41) is 2.96. The Morgan fingerprint density at radius 2 is 1.64 bits per heavy atom. The zero-order valence-corrected chi connectivity index (χ0v) is 8.59. The van der Waals surface area contributed by atoms with Crippen LogP contribution in [0.1, 0.15) is 0 Å². The number of carbonyl (C=O) groups excluding carboxylic acids is 1. The maximum Gasteiger partial charge on any atom is 0.322 e. The molecular formula is C7H13N3O3S. The van der Waals surface area contributed by atoms with Crippen molar-refractivity contribution in [3.8, 4) is 0 Å². The molecule has 0 bridgehead atoms. The van der Waals surface area contributed by atoms with Gasteiger partial charge in [0.15, 0.2) is 9.84 Å². The first-order valence-electron chi connectivity index (χ1n) is 4.53. The maximum absolute atomic E-state index is 11.6. The second-order valence-electron chi connectivity index (χ2n) is 3.53. The summed E-state index contributed by atoms with van der Waals surface area (Å²) < 4.78 is 22.2. The van der Waals surface area contributed by atoms with Crippen LogP contribution in [0.3, 0.4) is 0 Å². The van der Waals surface area contributed by atoms with E-state index in [2.05, 4.69) is 5.32 Å². The van der Waals surface area contributed by atoms with Gasteiger partial charge in [-0.2, -0.15) is 0 Å². The van der Waals surface area contributed by atoms with E-state index in [1.807, 2.05) is 0 Å². The lowest BCUT2D eigenvalue weighted by Gasteiger charge is -2.37. The second-order valence-corrected chi connectivity index (χ2v) is 5.83. The molecule has 2 heterocycles. The standard InChI is InChI=1S/C7H13N3O3S/c11-7(10-5-8-6-10)9-1-3-14(12,13)4-2-9/h8H,1-6H2. The molecule has 2 aliphatic heterocycles. The third kappa shape index (κ3) is 1.83. The normalized spacial score (nSPS) is 25.7. The predicted octanol–water partition coefficient (Wildman–Crippen LogP) is -1.34. The van der Waals surface area contributed by atoms with Gasteiger partial charge in [0.25, 0.3) is 0 Å². The van der Waals surface area contributed by atoms with E-state index in [4.69, 9.17) is 0 Å². The molecule has 0 aromatic rings. The van der Waals surface area contributed by atoms with Crippen molar-refractivity contribution in [3.63, 3.8) is 0 Å². The largest absolute Gasteiger partial charge is 0.323 e. The summed E-state index contributed by atoms with van der Waals surface area (Å²) in [5.74, 6) is 0.194. The zero-order valence-electron chi connectivity index (χ0n) is 7.77. The molecule has 0 radical (unpaired) electrons. The van der Waals surface area contributed by atoms with Crippen molar-refractivity contribution in [2.45, 2.75) is 0 Å². The lowest BCUT2D eigenvalue weighted by atomic mass is 10.5. The lowest BCUT2D eigenvalue weighted by Crippen LogP contribution is -2.60. The maximum atomic E-state index is 11.6. The number of hydrogen-bond donors (Lipinski definition) is 1. The molecule has 7 heteroatoms. The van der Waals surface area contributed by atoms with E-state index in [0.29, 0.717) is 26.4 Å². The fourth-order valence-electron chi connectivity index (χ4n) is 1.46. The Morgan fingerprint density at radius 3 is 2.07 bits per heavy atom. The highest BCUT2D eigenvalue weighted by molar-refractivity contribution is 7.91. The number of nitrogens with zero attached hydrogens (tertiary/aromatic N) is 2. The molecule has 0 atom stereocenters. The molecule has 2 saturated heterocycles. The van der Waals surface area contributed by atoms with E-state index in [1.54, 1.807) is 9.80 Å².